The monoisotopic (exact) mass is 1090 g/mol. The Labute approximate surface area is 468 Å². The van der Waals surface area contributed by atoms with Gasteiger partial charge < -0.3 is 23.7 Å². The van der Waals surface area contributed by atoms with Gasteiger partial charge in [0.15, 0.2) is 5.41 Å². The molecule has 0 N–H and O–H groups in total. The highest BCUT2D eigenvalue weighted by Gasteiger charge is 2.60. The third-order valence-corrected chi connectivity index (χ3v) is 17.0. The second-order valence-electron chi connectivity index (χ2n) is 29.1. The highest BCUT2D eigenvalue weighted by molar-refractivity contribution is 5.78. The minimum absolute atomic E-state index is 0.00857. The molecule has 0 saturated heterocycles. The van der Waals surface area contributed by atoms with Crippen LogP contribution < -0.4 is 4.74 Å². The molecule has 5 aliphatic rings. The molecule has 9 nitrogen and oxygen atoms in total. The zero-order chi connectivity index (χ0) is 60.2. The van der Waals surface area contributed by atoms with E-state index in [0.29, 0.717) is 5.92 Å². The van der Waals surface area contributed by atoms with Crippen LogP contribution in [-0.4, -0.2) is 58.1 Å². The first-order valence-electron chi connectivity index (χ1n) is 29.4. The second kappa shape index (κ2) is 27.4. The lowest BCUT2D eigenvalue weighted by molar-refractivity contribution is -0.236. The Morgan fingerprint density at radius 2 is 0.896 bits per heavy atom. The average Bonchev–Trinajstić information content (AvgIpc) is 3.72. The SMILES string of the molecule is CCC(C)(C(=O)OC(C)(C)C)C(F)(F)F.CCC(C)(C)C(=O)OC(C)(C)C.CCC(C)(C)C(=O)OC(C)(C)C12CC3CC(CC(C3)C1)C2.CCC(C)(C)C(=O)OC1(C)CCCC1.CCC(C)c1ccc(OC(C)(C)C)cc1. The number of hydrogen-bond donors (Lipinski definition) is 0. The van der Waals surface area contributed by atoms with Gasteiger partial charge in [-0.1, -0.05) is 53.7 Å². The first-order valence-corrected chi connectivity index (χ1v) is 29.4. The number of ether oxygens (including phenoxy) is 5. The van der Waals surface area contributed by atoms with Crippen molar-refractivity contribution in [3.63, 3.8) is 0 Å². The lowest BCUT2D eigenvalue weighted by atomic mass is 9.46. The molecule has 12 heteroatoms. The van der Waals surface area contributed by atoms with Crippen LogP contribution in [0.25, 0.3) is 0 Å². The molecule has 0 aliphatic heterocycles. The van der Waals surface area contributed by atoms with Crippen LogP contribution in [0, 0.1) is 44.8 Å². The standard InChI is InChI=1S/C19H32O2.C14H22O.C12H22O2.C10H17F3O2.C10H20O2/c1-6-17(2,3)16(20)21-18(4,5)19-10-13-7-14(11-19)9-15(8-13)12-19;1-6-11(2)12-7-9-13(10-8-12)15-14(3,4)5;1-5-11(2,3)10(13)14-12(4)8-6-7-9-12;1-6-9(5,10(11,12)13)7(14)15-8(2,3)4;1-7-10(5,6)8(11)12-9(2,3)4/h13-15H,6-12H2,1-5H3;7-11H,6H2,1-5H3;5-9H2,1-4H3;6H2,1-5H3;7H2,1-6H3. The molecule has 2 atom stereocenters. The minimum Gasteiger partial charge on any atom is -0.488 e. The Morgan fingerprint density at radius 3 is 1.22 bits per heavy atom. The van der Waals surface area contributed by atoms with Gasteiger partial charge in [0.2, 0.25) is 0 Å². The van der Waals surface area contributed by atoms with Gasteiger partial charge in [-0.05, 0) is 269 Å². The van der Waals surface area contributed by atoms with Gasteiger partial charge in [0.25, 0.3) is 0 Å². The summed E-state index contributed by atoms with van der Waals surface area (Å²) < 4.78 is 65.4. The summed E-state index contributed by atoms with van der Waals surface area (Å²) in [6, 6.07) is 8.45. The van der Waals surface area contributed by atoms with Gasteiger partial charge >= 0.3 is 30.1 Å². The maximum absolute atomic E-state index is 12.6. The molecule has 5 saturated carbocycles. The molecule has 0 radical (unpaired) electrons. The summed E-state index contributed by atoms with van der Waals surface area (Å²) in [7, 11) is 0. The van der Waals surface area contributed by atoms with Gasteiger partial charge in [0.05, 0.1) is 16.2 Å². The van der Waals surface area contributed by atoms with E-state index in [2.05, 4.69) is 86.6 Å². The molecule has 1 aromatic rings. The summed E-state index contributed by atoms with van der Waals surface area (Å²) in [6.45, 7) is 47.3. The molecular weight excluding hydrogens is 982 g/mol. The van der Waals surface area contributed by atoms with E-state index in [1.807, 2.05) is 76.2 Å². The summed E-state index contributed by atoms with van der Waals surface area (Å²) in [6.07, 6.45) is 11.3. The van der Waals surface area contributed by atoms with Crippen LogP contribution in [0.15, 0.2) is 24.3 Å². The van der Waals surface area contributed by atoms with Crippen LogP contribution in [0.5, 0.6) is 5.75 Å². The van der Waals surface area contributed by atoms with Gasteiger partial charge in [-0.15, -0.1) is 0 Å². The highest BCUT2D eigenvalue weighted by atomic mass is 19.4. The average molecular weight is 1100 g/mol. The molecule has 5 aliphatic carbocycles. The zero-order valence-corrected chi connectivity index (χ0v) is 53.5. The molecule has 2 unspecified atom stereocenters. The molecule has 0 heterocycles. The maximum Gasteiger partial charge on any atom is 0.404 e. The Morgan fingerprint density at radius 1 is 0.532 bits per heavy atom. The van der Waals surface area contributed by atoms with Crippen LogP contribution in [-0.2, 0) is 38.1 Å². The van der Waals surface area contributed by atoms with Crippen LogP contribution in [0.4, 0.5) is 13.2 Å². The molecule has 1 aromatic carbocycles. The fourth-order valence-electron chi connectivity index (χ4n) is 10.1. The number of alkyl halides is 3. The van der Waals surface area contributed by atoms with E-state index >= 15 is 0 Å². The Bertz CT molecular complexity index is 1970. The predicted octanol–water partition coefficient (Wildman–Crippen LogP) is 18.7. The van der Waals surface area contributed by atoms with E-state index in [1.54, 1.807) is 0 Å². The van der Waals surface area contributed by atoms with Crippen molar-refractivity contribution in [2.75, 3.05) is 0 Å². The zero-order valence-electron chi connectivity index (χ0n) is 53.5. The first-order chi connectivity index (χ1) is 34.6. The molecule has 0 amide bonds. The van der Waals surface area contributed by atoms with E-state index in [1.165, 1.54) is 91.0 Å². The quantitative estimate of drug-likeness (QED) is 0.133. The third kappa shape index (κ3) is 22.3. The van der Waals surface area contributed by atoms with Crippen LogP contribution in [0.2, 0.25) is 0 Å². The number of rotatable bonds is 14. The van der Waals surface area contributed by atoms with Crippen molar-refractivity contribution in [1.29, 1.82) is 0 Å². The van der Waals surface area contributed by atoms with E-state index in [9.17, 15) is 32.3 Å². The normalized spacial score (nSPS) is 22.3. The van der Waals surface area contributed by atoms with Crippen molar-refractivity contribution in [2.45, 2.75) is 310 Å². The summed E-state index contributed by atoms with van der Waals surface area (Å²) in [5, 5.41) is 0. The van der Waals surface area contributed by atoms with E-state index in [0.717, 1.165) is 62.5 Å². The van der Waals surface area contributed by atoms with Gasteiger partial charge in [0.1, 0.15) is 33.8 Å². The number of benzene rings is 1. The fraction of sp³-hybridized carbons (Fsp3) is 0.846. The van der Waals surface area contributed by atoms with Crippen molar-refractivity contribution in [1.82, 2.24) is 0 Å². The summed E-state index contributed by atoms with van der Waals surface area (Å²) in [5.41, 5.74) is -3.70. The third-order valence-electron chi connectivity index (χ3n) is 17.0. The Kier molecular flexibility index (Phi) is 25.5. The fourth-order valence-corrected chi connectivity index (χ4v) is 10.1. The Balaban J connectivity index is 0.000000489. The molecule has 0 aromatic heterocycles. The summed E-state index contributed by atoms with van der Waals surface area (Å²) >= 11 is 0. The number of hydrogen-bond acceptors (Lipinski definition) is 9. The first kappa shape index (κ1) is 71.7. The van der Waals surface area contributed by atoms with Crippen LogP contribution in [0.1, 0.15) is 281 Å². The van der Waals surface area contributed by atoms with Gasteiger partial charge in [-0.3, -0.25) is 19.2 Å². The maximum atomic E-state index is 12.6. The van der Waals surface area contributed by atoms with Crippen molar-refractivity contribution in [2.24, 2.45) is 44.8 Å². The largest absolute Gasteiger partial charge is 0.488 e. The number of halogens is 3. The lowest BCUT2D eigenvalue weighted by Gasteiger charge is -2.61. The number of esters is 4. The molecular formula is C65H113F3O9. The smallest absolute Gasteiger partial charge is 0.404 e. The number of carbonyl (C=O) groups is 4. The molecule has 448 valence electrons. The van der Waals surface area contributed by atoms with Crippen molar-refractivity contribution in [3.8, 4) is 5.75 Å². The molecule has 77 heavy (non-hydrogen) atoms. The summed E-state index contributed by atoms with van der Waals surface area (Å²) in [5.74, 6) is 2.90. The van der Waals surface area contributed by atoms with Crippen LogP contribution >= 0.6 is 0 Å². The van der Waals surface area contributed by atoms with Crippen molar-refractivity contribution >= 4 is 23.9 Å². The topological polar surface area (TPSA) is 114 Å². The Hall–Kier alpha value is -3.31. The number of carbonyl (C=O) groups excluding carboxylic acids is 4. The second-order valence-corrected chi connectivity index (χ2v) is 29.1. The molecule has 0 spiro atoms. The molecule has 4 bridgehead atoms. The summed E-state index contributed by atoms with van der Waals surface area (Å²) in [4.78, 5) is 47.3. The van der Waals surface area contributed by atoms with Gasteiger partial charge in [-0.25, -0.2) is 0 Å². The van der Waals surface area contributed by atoms with E-state index < -0.39 is 23.2 Å². The van der Waals surface area contributed by atoms with Gasteiger partial charge in [-0.2, -0.15) is 13.2 Å². The lowest BCUT2D eigenvalue weighted by Crippen LogP contribution is -2.58. The van der Waals surface area contributed by atoms with Crippen molar-refractivity contribution < 1.29 is 56.0 Å². The van der Waals surface area contributed by atoms with Crippen LogP contribution in [0.3, 0.4) is 0 Å². The molecule has 5 fully saturated rings. The van der Waals surface area contributed by atoms with E-state index in [4.69, 9.17) is 23.7 Å². The molecule has 6 rings (SSSR count). The predicted molar refractivity (Wildman–Crippen MR) is 308 cm³/mol. The highest BCUT2D eigenvalue weighted by Crippen LogP contribution is 2.64. The van der Waals surface area contributed by atoms with Gasteiger partial charge in [0, 0.05) is 5.41 Å². The van der Waals surface area contributed by atoms with Crippen molar-refractivity contribution in [3.05, 3.63) is 29.8 Å². The van der Waals surface area contributed by atoms with E-state index in [-0.39, 0.29) is 68.4 Å². The minimum atomic E-state index is -4.58.